The van der Waals surface area contributed by atoms with Crippen molar-refractivity contribution in [2.24, 2.45) is 0 Å². The smallest absolute Gasteiger partial charge is 0.241 e. The second-order valence-corrected chi connectivity index (χ2v) is 8.56. The molecule has 0 saturated heterocycles. The van der Waals surface area contributed by atoms with Crippen LogP contribution in [0.1, 0.15) is 35.2 Å². The zero-order chi connectivity index (χ0) is 18.5. The number of anilines is 2. The van der Waals surface area contributed by atoms with E-state index in [0.29, 0.717) is 12.4 Å². The molecule has 0 fully saturated rings. The first-order valence-electron chi connectivity index (χ1n) is 8.65. The molecule has 0 saturated carbocycles. The van der Waals surface area contributed by atoms with Crippen LogP contribution < -0.4 is 11.1 Å². The lowest BCUT2D eigenvalue weighted by Crippen LogP contribution is -2.33. The fraction of sp³-hybridized carbons (Fsp3) is 0.211. The average molecular weight is 442 g/mol. The number of hydrogen-bond donors (Lipinski definition) is 2. The van der Waals surface area contributed by atoms with Crippen molar-refractivity contribution in [3.63, 3.8) is 0 Å². The number of nitrogens with two attached hydrogens (primary N) is 1. The summed E-state index contributed by atoms with van der Waals surface area (Å²) < 4.78 is 2.65. The molecule has 0 bridgehead atoms. The summed E-state index contributed by atoms with van der Waals surface area (Å²) in [6.07, 6.45) is 1.27. The average Bonchev–Trinajstić information content (AvgIpc) is 3.29. The Bertz CT molecular complexity index is 1070. The second kappa shape index (κ2) is 6.31. The van der Waals surface area contributed by atoms with E-state index in [1.807, 2.05) is 30.3 Å². The van der Waals surface area contributed by atoms with E-state index in [9.17, 15) is 4.79 Å². The summed E-state index contributed by atoms with van der Waals surface area (Å²) in [5.41, 5.74) is 8.52. The SMILES string of the molecule is Nc1nc2n(n1)[C@H](c1ccccc1Br)C1=C(C[C@H](c3cccs3)CC1=O)N2. The molecule has 0 spiro atoms. The molecule has 2 aliphatic rings. The summed E-state index contributed by atoms with van der Waals surface area (Å²) in [5, 5.41) is 9.73. The van der Waals surface area contributed by atoms with Gasteiger partial charge in [-0.2, -0.15) is 4.98 Å². The Morgan fingerprint density at radius 3 is 2.85 bits per heavy atom. The molecule has 1 aliphatic heterocycles. The van der Waals surface area contributed by atoms with Crippen LogP contribution in [0.5, 0.6) is 0 Å². The number of nitrogens with zero attached hydrogens (tertiary/aromatic N) is 3. The molecule has 0 radical (unpaired) electrons. The van der Waals surface area contributed by atoms with Gasteiger partial charge in [0, 0.05) is 33.0 Å². The van der Waals surface area contributed by atoms with Crippen LogP contribution in [-0.2, 0) is 4.79 Å². The van der Waals surface area contributed by atoms with Crippen LogP contribution >= 0.6 is 27.3 Å². The molecule has 27 heavy (non-hydrogen) atoms. The quantitative estimate of drug-likeness (QED) is 0.624. The lowest BCUT2D eigenvalue weighted by atomic mass is 9.80. The van der Waals surface area contributed by atoms with Crippen molar-refractivity contribution >= 4 is 44.9 Å². The zero-order valence-corrected chi connectivity index (χ0v) is 16.6. The third-order valence-corrected chi connectivity index (χ3v) is 6.84. The molecule has 136 valence electrons. The number of rotatable bonds is 2. The van der Waals surface area contributed by atoms with Gasteiger partial charge in [0.05, 0.1) is 0 Å². The van der Waals surface area contributed by atoms with E-state index in [2.05, 4.69) is 42.8 Å². The molecule has 8 heteroatoms. The van der Waals surface area contributed by atoms with Gasteiger partial charge in [-0.25, -0.2) is 4.68 Å². The predicted molar refractivity (Wildman–Crippen MR) is 109 cm³/mol. The van der Waals surface area contributed by atoms with Crippen LogP contribution in [0, 0.1) is 0 Å². The number of nitrogen functional groups attached to an aromatic ring is 1. The van der Waals surface area contributed by atoms with Crippen molar-refractivity contribution in [3.8, 4) is 0 Å². The first-order valence-corrected chi connectivity index (χ1v) is 10.3. The van der Waals surface area contributed by atoms with E-state index >= 15 is 0 Å². The highest BCUT2D eigenvalue weighted by atomic mass is 79.9. The Morgan fingerprint density at radius 1 is 1.22 bits per heavy atom. The summed E-state index contributed by atoms with van der Waals surface area (Å²) in [4.78, 5) is 18.8. The van der Waals surface area contributed by atoms with Crippen molar-refractivity contribution < 1.29 is 4.79 Å². The summed E-state index contributed by atoms with van der Waals surface area (Å²) >= 11 is 5.32. The number of Topliss-reactive ketones (excluding diaryl/α,β-unsaturated/α-hetero) is 1. The van der Waals surface area contributed by atoms with Crippen LogP contribution in [-0.4, -0.2) is 20.5 Å². The number of carbonyl (C=O) groups is 1. The van der Waals surface area contributed by atoms with E-state index < -0.39 is 0 Å². The van der Waals surface area contributed by atoms with Crippen molar-refractivity contribution in [2.75, 3.05) is 11.1 Å². The molecule has 0 amide bonds. The van der Waals surface area contributed by atoms with Gasteiger partial charge in [0.1, 0.15) is 6.04 Å². The molecule has 5 rings (SSSR count). The number of ketones is 1. The number of carbonyl (C=O) groups excluding carboxylic acids is 1. The molecule has 2 atom stereocenters. The number of hydrogen-bond acceptors (Lipinski definition) is 6. The molecule has 1 aromatic carbocycles. The highest BCUT2D eigenvalue weighted by Crippen LogP contribution is 2.45. The standard InChI is InChI=1S/C19H16BrN5OS/c20-12-5-2-1-4-11(12)17-16-13(22-19-23-18(21)24-25(17)19)8-10(9-14(16)26)15-6-3-7-27-15/h1-7,10,17H,8-9H2,(H3,21,22,23,24)/t10-,17+/m0/s1. The van der Waals surface area contributed by atoms with Gasteiger partial charge < -0.3 is 11.1 Å². The Labute approximate surface area is 168 Å². The van der Waals surface area contributed by atoms with E-state index in [-0.39, 0.29) is 23.7 Å². The molecular weight excluding hydrogens is 426 g/mol. The third-order valence-electron chi connectivity index (χ3n) is 5.08. The van der Waals surface area contributed by atoms with E-state index in [4.69, 9.17) is 5.73 Å². The minimum absolute atomic E-state index is 0.141. The van der Waals surface area contributed by atoms with Crippen molar-refractivity contribution in [3.05, 3.63) is 68.0 Å². The Balaban J connectivity index is 1.66. The van der Waals surface area contributed by atoms with Crippen molar-refractivity contribution in [1.29, 1.82) is 0 Å². The highest BCUT2D eigenvalue weighted by molar-refractivity contribution is 9.10. The number of fused-ring (bicyclic) bond motifs is 1. The van der Waals surface area contributed by atoms with Crippen LogP contribution in [0.4, 0.5) is 11.9 Å². The van der Waals surface area contributed by atoms with Crippen LogP contribution in [0.2, 0.25) is 0 Å². The molecule has 0 unspecified atom stereocenters. The lowest BCUT2D eigenvalue weighted by Gasteiger charge is -2.35. The first kappa shape index (κ1) is 16.7. The molecule has 3 N–H and O–H groups in total. The Hall–Kier alpha value is -2.45. The first-order chi connectivity index (χ1) is 13.1. The Kier molecular flexibility index (Phi) is 3.91. The normalized spacial score (nSPS) is 21.6. The molecule has 2 aromatic heterocycles. The van der Waals surface area contributed by atoms with Gasteiger partial charge in [0.2, 0.25) is 11.9 Å². The van der Waals surface area contributed by atoms with Crippen molar-refractivity contribution in [1.82, 2.24) is 14.8 Å². The number of halogens is 1. The van der Waals surface area contributed by atoms with Gasteiger partial charge in [-0.15, -0.1) is 16.4 Å². The van der Waals surface area contributed by atoms with Crippen LogP contribution in [0.3, 0.4) is 0 Å². The summed E-state index contributed by atoms with van der Waals surface area (Å²) in [6.45, 7) is 0. The number of allylic oxidation sites excluding steroid dienone is 2. The fourth-order valence-corrected chi connectivity index (χ4v) is 5.27. The molecule has 3 heterocycles. The Morgan fingerprint density at radius 2 is 2.07 bits per heavy atom. The number of benzene rings is 1. The summed E-state index contributed by atoms with van der Waals surface area (Å²) in [7, 11) is 0. The van der Waals surface area contributed by atoms with E-state index in [0.717, 1.165) is 27.7 Å². The predicted octanol–water partition coefficient (Wildman–Crippen LogP) is 4.10. The minimum atomic E-state index is -0.339. The summed E-state index contributed by atoms with van der Waals surface area (Å²) in [6, 6.07) is 11.7. The number of aromatic nitrogens is 3. The van der Waals surface area contributed by atoms with Crippen LogP contribution in [0.15, 0.2) is 57.5 Å². The molecule has 6 nitrogen and oxygen atoms in total. The maximum Gasteiger partial charge on any atom is 0.241 e. The monoisotopic (exact) mass is 441 g/mol. The zero-order valence-electron chi connectivity index (χ0n) is 14.2. The van der Waals surface area contributed by atoms with Gasteiger partial charge in [-0.1, -0.05) is 40.2 Å². The maximum absolute atomic E-state index is 13.2. The number of nitrogens with one attached hydrogen (secondary N) is 1. The van der Waals surface area contributed by atoms with Gasteiger partial charge in [-0.05, 0) is 29.5 Å². The minimum Gasteiger partial charge on any atom is -0.366 e. The fourth-order valence-electron chi connectivity index (χ4n) is 3.94. The van der Waals surface area contributed by atoms with Gasteiger partial charge >= 0.3 is 0 Å². The summed E-state index contributed by atoms with van der Waals surface area (Å²) in [5.74, 6) is 1.10. The second-order valence-electron chi connectivity index (χ2n) is 6.72. The largest absolute Gasteiger partial charge is 0.366 e. The van der Waals surface area contributed by atoms with Gasteiger partial charge in [0.15, 0.2) is 5.78 Å². The highest BCUT2D eigenvalue weighted by Gasteiger charge is 2.40. The van der Waals surface area contributed by atoms with E-state index in [1.54, 1.807) is 16.0 Å². The topological polar surface area (TPSA) is 85.8 Å². The molecular formula is C19H16BrN5OS. The maximum atomic E-state index is 13.2. The molecule has 3 aromatic rings. The van der Waals surface area contributed by atoms with E-state index in [1.165, 1.54) is 4.88 Å². The number of thiophene rings is 1. The van der Waals surface area contributed by atoms with Gasteiger partial charge in [0.25, 0.3) is 0 Å². The molecule has 1 aliphatic carbocycles. The third kappa shape index (κ3) is 2.71. The van der Waals surface area contributed by atoms with Crippen molar-refractivity contribution in [2.45, 2.75) is 24.8 Å². The van der Waals surface area contributed by atoms with Crippen LogP contribution in [0.25, 0.3) is 0 Å². The van der Waals surface area contributed by atoms with Gasteiger partial charge in [-0.3, -0.25) is 4.79 Å². The lowest BCUT2D eigenvalue weighted by molar-refractivity contribution is -0.116.